The van der Waals surface area contributed by atoms with Crippen LogP contribution in [-0.4, -0.2) is 48.0 Å². The SMILES string of the molecule is CSC[C@@H](C)C(=O)N1CCC(NC2CC2)CC1. The first kappa shape index (κ1) is 13.2. The van der Waals surface area contributed by atoms with Gasteiger partial charge in [0.05, 0.1) is 0 Å². The Kier molecular flexibility index (Phi) is 4.74. The maximum atomic E-state index is 12.1. The molecule has 1 aliphatic heterocycles. The maximum absolute atomic E-state index is 12.1. The van der Waals surface area contributed by atoms with E-state index < -0.39 is 0 Å². The number of piperidine rings is 1. The Morgan fingerprint density at radius 1 is 1.29 bits per heavy atom. The van der Waals surface area contributed by atoms with Crippen molar-refractivity contribution in [3.63, 3.8) is 0 Å². The Hall–Kier alpha value is -0.220. The van der Waals surface area contributed by atoms with Gasteiger partial charge < -0.3 is 10.2 Å². The molecule has 1 amide bonds. The van der Waals surface area contributed by atoms with Gasteiger partial charge in [-0.15, -0.1) is 0 Å². The fraction of sp³-hybridized carbons (Fsp3) is 0.923. The van der Waals surface area contributed by atoms with Crippen LogP contribution < -0.4 is 5.32 Å². The molecule has 2 rings (SSSR count). The lowest BCUT2D eigenvalue weighted by molar-refractivity contribution is -0.135. The van der Waals surface area contributed by atoms with Gasteiger partial charge in [0.15, 0.2) is 0 Å². The van der Waals surface area contributed by atoms with Gasteiger partial charge in [-0.3, -0.25) is 4.79 Å². The van der Waals surface area contributed by atoms with Gasteiger partial charge in [0.2, 0.25) is 5.91 Å². The summed E-state index contributed by atoms with van der Waals surface area (Å²) in [4.78, 5) is 14.2. The zero-order valence-electron chi connectivity index (χ0n) is 10.9. The maximum Gasteiger partial charge on any atom is 0.226 e. The molecular formula is C13H24N2OS. The van der Waals surface area contributed by atoms with E-state index in [0.717, 1.165) is 37.7 Å². The highest BCUT2D eigenvalue weighted by molar-refractivity contribution is 7.98. The van der Waals surface area contributed by atoms with Crippen LogP contribution in [0, 0.1) is 5.92 Å². The summed E-state index contributed by atoms with van der Waals surface area (Å²) < 4.78 is 0. The fourth-order valence-electron chi connectivity index (χ4n) is 2.48. The lowest BCUT2D eigenvalue weighted by Gasteiger charge is -2.34. The topological polar surface area (TPSA) is 32.3 Å². The van der Waals surface area contributed by atoms with E-state index in [9.17, 15) is 4.79 Å². The van der Waals surface area contributed by atoms with Gasteiger partial charge in [-0.2, -0.15) is 11.8 Å². The van der Waals surface area contributed by atoms with Crippen LogP contribution in [0.25, 0.3) is 0 Å². The standard InChI is InChI=1S/C13H24N2OS/c1-10(9-17-2)13(16)15-7-5-12(6-8-15)14-11-3-4-11/h10-12,14H,3-9H2,1-2H3/t10-/m1/s1. The van der Waals surface area contributed by atoms with Crippen LogP contribution in [0.15, 0.2) is 0 Å². The van der Waals surface area contributed by atoms with E-state index in [-0.39, 0.29) is 5.92 Å². The molecule has 1 saturated carbocycles. The Balaban J connectivity index is 1.71. The van der Waals surface area contributed by atoms with Crippen molar-refractivity contribution in [2.75, 3.05) is 25.1 Å². The zero-order valence-corrected chi connectivity index (χ0v) is 11.8. The molecule has 0 aromatic rings. The number of carbonyl (C=O) groups excluding carboxylic acids is 1. The van der Waals surface area contributed by atoms with Crippen LogP contribution in [0.4, 0.5) is 0 Å². The van der Waals surface area contributed by atoms with Gasteiger partial charge in [0, 0.05) is 36.8 Å². The Morgan fingerprint density at radius 3 is 2.41 bits per heavy atom. The number of rotatable bonds is 5. The van der Waals surface area contributed by atoms with E-state index >= 15 is 0 Å². The molecule has 1 N–H and O–H groups in total. The van der Waals surface area contributed by atoms with E-state index in [1.807, 2.05) is 6.92 Å². The van der Waals surface area contributed by atoms with Crippen LogP contribution in [0.5, 0.6) is 0 Å². The Morgan fingerprint density at radius 2 is 1.88 bits per heavy atom. The molecule has 0 aromatic carbocycles. The van der Waals surface area contributed by atoms with Crippen molar-refractivity contribution >= 4 is 17.7 Å². The average Bonchev–Trinajstić information content (AvgIpc) is 3.13. The van der Waals surface area contributed by atoms with Crippen LogP contribution >= 0.6 is 11.8 Å². The number of nitrogens with zero attached hydrogens (tertiary/aromatic N) is 1. The predicted molar refractivity (Wildman–Crippen MR) is 73.3 cm³/mol. The van der Waals surface area contributed by atoms with Gasteiger partial charge >= 0.3 is 0 Å². The molecule has 1 aliphatic carbocycles. The third-order valence-corrected chi connectivity index (χ3v) is 4.53. The summed E-state index contributed by atoms with van der Waals surface area (Å²) >= 11 is 1.76. The molecule has 1 saturated heterocycles. The lowest BCUT2D eigenvalue weighted by Crippen LogP contribution is -2.47. The smallest absolute Gasteiger partial charge is 0.226 e. The molecule has 3 nitrogen and oxygen atoms in total. The van der Waals surface area contributed by atoms with E-state index in [0.29, 0.717) is 11.9 Å². The first-order chi connectivity index (χ1) is 8.20. The van der Waals surface area contributed by atoms with Gasteiger partial charge in [-0.25, -0.2) is 0 Å². The molecule has 4 heteroatoms. The second kappa shape index (κ2) is 6.10. The summed E-state index contributed by atoms with van der Waals surface area (Å²) in [7, 11) is 0. The number of amides is 1. The molecule has 0 bridgehead atoms. The second-order valence-electron chi connectivity index (χ2n) is 5.40. The average molecular weight is 256 g/mol. The summed E-state index contributed by atoms with van der Waals surface area (Å²) in [5.41, 5.74) is 0. The van der Waals surface area contributed by atoms with Crippen LogP contribution in [0.3, 0.4) is 0 Å². The third-order valence-electron chi connectivity index (χ3n) is 3.69. The highest BCUT2D eigenvalue weighted by Crippen LogP contribution is 2.22. The summed E-state index contributed by atoms with van der Waals surface area (Å²) in [5, 5.41) is 3.66. The van der Waals surface area contributed by atoms with Crippen molar-refractivity contribution in [1.29, 1.82) is 0 Å². The molecular weight excluding hydrogens is 232 g/mol. The third kappa shape index (κ3) is 3.88. The zero-order chi connectivity index (χ0) is 12.3. The molecule has 1 heterocycles. The molecule has 2 aliphatic rings. The van der Waals surface area contributed by atoms with Crippen LogP contribution in [0.1, 0.15) is 32.6 Å². The van der Waals surface area contributed by atoms with Crippen molar-refractivity contribution < 1.29 is 4.79 Å². The summed E-state index contributed by atoms with van der Waals surface area (Å²) in [5.74, 6) is 1.47. The molecule has 0 unspecified atom stereocenters. The molecule has 1 atom stereocenters. The van der Waals surface area contributed by atoms with Crippen molar-refractivity contribution in [3.8, 4) is 0 Å². The molecule has 2 fully saturated rings. The number of carbonyl (C=O) groups is 1. The van der Waals surface area contributed by atoms with Crippen LogP contribution in [0.2, 0.25) is 0 Å². The van der Waals surface area contributed by atoms with E-state index in [4.69, 9.17) is 0 Å². The first-order valence-corrected chi connectivity index (χ1v) is 8.14. The molecule has 98 valence electrons. The number of hydrogen-bond acceptors (Lipinski definition) is 3. The highest BCUT2D eigenvalue weighted by atomic mass is 32.2. The fourth-order valence-corrected chi connectivity index (χ4v) is 3.13. The summed E-state index contributed by atoms with van der Waals surface area (Å²) in [6.45, 7) is 3.94. The normalized spacial score (nSPS) is 23.8. The minimum atomic E-state index is 0.179. The molecule has 0 radical (unpaired) electrons. The summed E-state index contributed by atoms with van der Waals surface area (Å²) in [6, 6.07) is 1.44. The van der Waals surface area contributed by atoms with Gasteiger partial charge in [-0.05, 0) is 31.9 Å². The van der Waals surface area contributed by atoms with Crippen molar-refractivity contribution in [2.45, 2.75) is 44.7 Å². The number of nitrogens with one attached hydrogen (secondary N) is 1. The molecule has 0 aromatic heterocycles. The Bertz CT molecular complexity index is 260. The van der Waals surface area contributed by atoms with Gasteiger partial charge in [0.1, 0.15) is 0 Å². The highest BCUT2D eigenvalue weighted by Gasteiger charge is 2.29. The predicted octanol–water partition coefficient (Wildman–Crippen LogP) is 1.73. The van der Waals surface area contributed by atoms with Gasteiger partial charge in [-0.1, -0.05) is 6.92 Å². The van der Waals surface area contributed by atoms with E-state index in [1.54, 1.807) is 11.8 Å². The Labute approximate surface area is 109 Å². The van der Waals surface area contributed by atoms with Crippen molar-refractivity contribution in [2.24, 2.45) is 5.92 Å². The number of likely N-dealkylation sites (tertiary alicyclic amines) is 1. The lowest BCUT2D eigenvalue weighted by atomic mass is 10.0. The van der Waals surface area contributed by atoms with Gasteiger partial charge in [0.25, 0.3) is 0 Å². The quantitative estimate of drug-likeness (QED) is 0.813. The van der Waals surface area contributed by atoms with E-state index in [2.05, 4.69) is 16.5 Å². The molecule has 17 heavy (non-hydrogen) atoms. The first-order valence-electron chi connectivity index (χ1n) is 6.74. The number of thioether (sulfide) groups is 1. The minimum absolute atomic E-state index is 0.179. The van der Waals surface area contributed by atoms with Crippen molar-refractivity contribution in [1.82, 2.24) is 10.2 Å². The largest absolute Gasteiger partial charge is 0.342 e. The van der Waals surface area contributed by atoms with Crippen LogP contribution in [-0.2, 0) is 4.79 Å². The van der Waals surface area contributed by atoms with Crippen molar-refractivity contribution in [3.05, 3.63) is 0 Å². The monoisotopic (exact) mass is 256 g/mol. The number of hydrogen-bond donors (Lipinski definition) is 1. The molecule has 0 spiro atoms. The van der Waals surface area contributed by atoms with E-state index in [1.165, 1.54) is 12.8 Å². The summed E-state index contributed by atoms with van der Waals surface area (Å²) in [6.07, 6.45) is 7.03. The second-order valence-corrected chi connectivity index (χ2v) is 6.31. The minimum Gasteiger partial charge on any atom is -0.342 e.